The number of halogens is 2. The zero-order valence-corrected chi connectivity index (χ0v) is 20.8. The molecular formula is C24H25ClFN7OS. The molecule has 0 bridgehead atoms. The number of aromatic nitrogens is 3. The first-order valence-corrected chi connectivity index (χ1v) is 12.8. The second kappa shape index (κ2) is 9.02. The molecule has 0 radical (unpaired) electrons. The number of anilines is 2. The number of nitrogens with one attached hydrogen (secondary N) is 1. The summed E-state index contributed by atoms with van der Waals surface area (Å²) < 4.78 is 23.2. The van der Waals surface area contributed by atoms with Crippen molar-refractivity contribution in [2.45, 2.75) is 12.5 Å². The van der Waals surface area contributed by atoms with E-state index in [4.69, 9.17) is 27.1 Å². The Kier molecular flexibility index (Phi) is 5.84. The normalized spacial score (nSPS) is 18.8. The smallest absolute Gasteiger partial charge is 0.319 e. The maximum atomic E-state index is 16.3. The molecular weight excluding hydrogens is 489 g/mol. The standard InChI is InChI=1S/C24H25ClFN7OS/c1-32-8-5-13(32)12-34-24-30-21-15(22(31-24)33-9-6-28-7-10-33)11-16(25)18(19(21)26)14-3-2-4-17-20(14)29-23(27)35-17/h2-4,11,13,28H,5-10,12H2,1H3,(H2,27,29)/t13-/m0/s1. The highest BCUT2D eigenvalue weighted by Gasteiger charge is 2.27. The molecule has 0 amide bonds. The number of para-hydroxylation sites is 1. The average Bonchev–Trinajstić information content (AvgIpc) is 3.24. The summed E-state index contributed by atoms with van der Waals surface area (Å²) in [5.41, 5.74) is 7.58. The lowest BCUT2D eigenvalue weighted by atomic mass is 10.0. The van der Waals surface area contributed by atoms with Crippen LogP contribution in [0.25, 0.3) is 32.2 Å². The number of rotatable bonds is 5. The van der Waals surface area contributed by atoms with E-state index < -0.39 is 5.82 Å². The van der Waals surface area contributed by atoms with Crippen LogP contribution in [0.5, 0.6) is 6.01 Å². The van der Waals surface area contributed by atoms with Crippen molar-refractivity contribution in [3.05, 3.63) is 35.1 Å². The number of hydrogen-bond acceptors (Lipinski definition) is 9. The van der Waals surface area contributed by atoms with Gasteiger partial charge in [-0.1, -0.05) is 35.1 Å². The predicted molar refractivity (Wildman–Crippen MR) is 139 cm³/mol. The molecule has 0 aliphatic carbocycles. The van der Waals surface area contributed by atoms with E-state index in [1.165, 1.54) is 11.3 Å². The second-order valence-electron chi connectivity index (χ2n) is 8.95. The van der Waals surface area contributed by atoms with Crippen LogP contribution in [-0.4, -0.2) is 72.3 Å². The van der Waals surface area contributed by atoms with Crippen LogP contribution in [0, 0.1) is 5.82 Å². The van der Waals surface area contributed by atoms with Gasteiger partial charge in [-0.2, -0.15) is 9.97 Å². The predicted octanol–water partition coefficient (Wildman–Crippen LogP) is 3.77. The van der Waals surface area contributed by atoms with Gasteiger partial charge < -0.3 is 20.7 Å². The van der Waals surface area contributed by atoms with Gasteiger partial charge in [-0.05, 0) is 32.1 Å². The fourth-order valence-corrected chi connectivity index (χ4v) is 5.76. The Bertz CT molecular complexity index is 1420. The molecule has 0 unspecified atom stereocenters. The average molecular weight is 514 g/mol. The molecule has 0 saturated carbocycles. The van der Waals surface area contributed by atoms with Crippen LogP contribution >= 0.6 is 22.9 Å². The Labute approximate surface area is 210 Å². The summed E-state index contributed by atoms with van der Waals surface area (Å²) in [6, 6.07) is 7.81. The molecule has 2 aliphatic heterocycles. The van der Waals surface area contributed by atoms with Crippen LogP contribution in [0.3, 0.4) is 0 Å². The van der Waals surface area contributed by atoms with Gasteiger partial charge in [0.1, 0.15) is 17.9 Å². The lowest BCUT2D eigenvalue weighted by Gasteiger charge is -2.37. The first kappa shape index (κ1) is 22.7. The number of nitrogens with zero attached hydrogens (tertiary/aromatic N) is 5. The molecule has 3 N–H and O–H groups in total. The maximum absolute atomic E-state index is 16.3. The minimum Gasteiger partial charge on any atom is -0.462 e. The minimum absolute atomic E-state index is 0.176. The molecule has 2 fully saturated rings. The van der Waals surface area contributed by atoms with Gasteiger partial charge in [-0.15, -0.1) is 0 Å². The highest BCUT2D eigenvalue weighted by molar-refractivity contribution is 7.22. The lowest BCUT2D eigenvalue weighted by molar-refractivity contribution is 0.0732. The summed E-state index contributed by atoms with van der Waals surface area (Å²) in [7, 11) is 2.06. The summed E-state index contributed by atoms with van der Waals surface area (Å²) in [5, 5.41) is 4.61. The number of nitrogens with two attached hydrogens (primary N) is 1. The summed E-state index contributed by atoms with van der Waals surface area (Å²) in [4.78, 5) is 18.0. The Morgan fingerprint density at radius 3 is 2.77 bits per heavy atom. The number of thiazole rings is 1. The van der Waals surface area contributed by atoms with Gasteiger partial charge in [0.15, 0.2) is 10.9 Å². The number of benzene rings is 2. The van der Waals surface area contributed by atoms with E-state index in [1.807, 2.05) is 12.1 Å². The molecule has 2 aromatic carbocycles. The Morgan fingerprint density at radius 2 is 2.03 bits per heavy atom. The fourth-order valence-electron chi connectivity index (χ4n) is 4.71. The molecule has 4 heterocycles. The number of hydrogen-bond donors (Lipinski definition) is 2. The Morgan fingerprint density at radius 1 is 1.20 bits per heavy atom. The molecule has 11 heteroatoms. The van der Waals surface area contributed by atoms with E-state index in [-0.39, 0.29) is 22.1 Å². The van der Waals surface area contributed by atoms with E-state index in [2.05, 4.69) is 32.1 Å². The summed E-state index contributed by atoms with van der Waals surface area (Å²) in [6.07, 6.45) is 1.06. The molecule has 2 saturated heterocycles. The number of ether oxygens (including phenoxy) is 1. The molecule has 2 aliphatic rings. The van der Waals surface area contributed by atoms with Gasteiger partial charge in [0.2, 0.25) is 0 Å². The van der Waals surface area contributed by atoms with Crippen molar-refractivity contribution in [2.75, 3.05) is 57.0 Å². The molecule has 4 aromatic rings. The third kappa shape index (κ3) is 4.04. The van der Waals surface area contributed by atoms with Crippen molar-refractivity contribution in [1.29, 1.82) is 0 Å². The van der Waals surface area contributed by atoms with Crippen LogP contribution in [0.4, 0.5) is 15.3 Å². The number of fused-ring (bicyclic) bond motifs is 2. The molecule has 6 rings (SSSR count). The number of piperazine rings is 1. The maximum Gasteiger partial charge on any atom is 0.319 e. The third-order valence-corrected chi connectivity index (χ3v) is 7.95. The topological polar surface area (TPSA) is 92.4 Å². The van der Waals surface area contributed by atoms with Crippen molar-refractivity contribution in [2.24, 2.45) is 0 Å². The van der Waals surface area contributed by atoms with Crippen molar-refractivity contribution in [3.63, 3.8) is 0 Å². The molecule has 8 nitrogen and oxygen atoms in total. The van der Waals surface area contributed by atoms with Crippen molar-refractivity contribution >= 4 is 55.0 Å². The van der Waals surface area contributed by atoms with Crippen molar-refractivity contribution < 1.29 is 9.13 Å². The zero-order chi connectivity index (χ0) is 24.1. The van der Waals surface area contributed by atoms with Crippen LogP contribution in [0.1, 0.15) is 6.42 Å². The van der Waals surface area contributed by atoms with Crippen molar-refractivity contribution in [1.82, 2.24) is 25.2 Å². The summed E-state index contributed by atoms with van der Waals surface area (Å²) in [6.45, 7) is 4.63. The number of likely N-dealkylation sites (N-methyl/N-ethyl adjacent to an activating group) is 1. The van der Waals surface area contributed by atoms with E-state index >= 15 is 4.39 Å². The van der Waals surface area contributed by atoms with E-state index in [0.29, 0.717) is 40.1 Å². The van der Waals surface area contributed by atoms with Gasteiger partial charge in [0.05, 0.1) is 15.2 Å². The summed E-state index contributed by atoms with van der Waals surface area (Å²) >= 11 is 8.08. The fraction of sp³-hybridized carbons (Fsp3) is 0.375. The van der Waals surface area contributed by atoms with Gasteiger partial charge in [0, 0.05) is 48.7 Å². The monoisotopic (exact) mass is 513 g/mol. The molecule has 2 aromatic heterocycles. The van der Waals surface area contributed by atoms with Crippen LogP contribution in [0.15, 0.2) is 24.3 Å². The highest BCUT2D eigenvalue weighted by atomic mass is 35.5. The quantitative estimate of drug-likeness (QED) is 0.416. The molecule has 0 spiro atoms. The minimum atomic E-state index is -0.518. The van der Waals surface area contributed by atoms with Gasteiger partial charge in [-0.3, -0.25) is 4.90 Å². The second-order valence-corrected chi connectivity index (χ2v) is 10.4. The van der Waals surface area contributed by atoms with Crippen molar-refractivity contribution in [3.8, 4) is 17.1 Å². The number of nitrogen functional groups attached to an aromatic ring is 1. The SMILES string of the molecule is CN1CC[C@H]1COc1nc(N2CCNCC2)c2cc(Cl)c(-c3cccc4sc(N)nc34)c(F)c2n1. The first-order valence-electron chi connectivity index (χ1n) is 11.6. The lowest BCUT2D eigenvalue weighted by Crippen LogP contribution is -2.48. The molecule has 1 atom stereocenters. The first-order chi connectivity index (χ1) is 17.0. The van der Waals surface area contributed by atoms with E-state index in [0.717, 1.165) is 43.8 Å². The Hall–Kier alpha value is -2.79. The largest absolute Gasteiger partial charge is 0.462 e. The molecule has 35 heavy (non-hydrogen) atoms. The van der Waals surface area contributed by atoms with Crippen LogP contribution < -0.4 is 20.7 Å². The van der Waals surface area contributed by atoms with E-state index in [1.54, 1.807) is 12.1 Å². The third-order valence-electron chi connectivity index (χ3n) is 6.81. The van der Waals surface area contributed by atoms with Crippen LogP contribution in [0.2, 0.25) is 5.02 Å². The van der Waals surface area contributed by atoms with Gasteiger partial charge in [0.25, 0.3) is 0 Å². The Balaban J connectivity index is 1.51. The highest BCUT2D eigenvalue weighted by Crippen LogP contribution is 2.42. The summed E-state index contributed by atoms with van der Waals surface area (Å²) in [5.74, 6) is 0.118. The van der Waals surface area contributed by atoms with E-state index in [9.17, 15) is 0 Å². The van der Waals surface area contributed by atoms with Gasteiger partial charge in [-0.25, -0.2) is 9.37 Å². The molecule has 182 valence electrons. The van der Waals surface area contributed by atoms with Gasteiger partial charge >= 0.3 is 6.01 Å². The zero-order valence-electron chi connectivity index (χ0n) is 19.2. The number of likely N-dealkylation sites (tertiary alicyclic amines) is 1. The van der Waals surface area contributed by atoms with Crippen LogP contribution in [-0.2, 0) is 0 Å².